The Morgan fingerprint density at radius 2 is 1.17 bits per heavy atom. The lowest BCUT2D eigenvalue weighted by Gasteiger charge is -2.26. The minimum Gasteiger partial charge on any atom is -0.465 e. The van der Waals surface area contributed by atoms with Crippen molar-refractivity contribution in [3.8, 4) is 0 Å². The van der Waals surface area contributed by atoms with Gasteiger partial charge >= 0.3 is 11.9 Å². The Kier molecular flexibility index (Phi) is 10.9. The van der Waals surface area contributed by atoms with Gasteiger partial charge in [0.25, 0.3) is 0 Å². The Labute approximate surface area is 142 Å². The van der Waals surface area contributed by atoms with Crippen molar-refractivity contribution in [1.29, 1.82) is 0 Å². The number of carbonyl (C=O) groups excluding carboxylic acids is 2. The molecule has 0 saturated heterocycles. The van der Waals surface area contributed by atoms with Gasteiger partial charge in [0, 0.05) is 0 Å². The third-order valence-corrected chi connectivity index (χ3v) is 3.53. The second kappa shape index (κ2) is 11.5. The Bertz CT molecular complexity index is 347. The summed E-state index contributed by atoms with van der Waals surface area (Å²) in [6.45, 7) is 15.0. The summed E-state index contributed by atoms with van der Waals surface area (Å²) in [6, 6.07) is 0. The summed E-state index contributed by atoms with van der Waals surface area (Å²) < 4.78 is 10.8. The van der Waals surface area contributed by atoms with E-state index < -0.39 is 11.8 Å². The van der Waals surface area contributed by atoms with Crippen molar-refractivity contribution < 1.29 is 19.1 Å². The smallest absolute Gasteiger partial charge is 0.309 e. The quantitative estimate of drug-likeness (QED) is 0.525. The van der Waals surface area contributed by atoms with Crippen LogP contribution in [0.2, 0.25) is 0 Å². The van der Waals surface area contributed by atoms with E-state index >= 15 is 0 Å². The van der Waals surface area contributed by atoms with Crippen LogP contribution in [0.3, 0.4) is 0 Å². The van der Waals surface area contributed by atoms with Gasteiger partial charge in [-0.1, -0.05) is 54.9 Å². The van der Waals surface area contributed by atoms with Crippen molar-refractivity contribution in [3.63, 3.8) is 0 Å². The summed E-state index contributed by atoms with van der Waals surface area (Å²) in [6.07, 6.45) is 2.15. The summed E-state index contributed by atoms with van der Waals surface area (Å²) in [5.41, 5.74) is 0. The van der Waals surface area contributed by atoms with Crippen LogP contribution in [0.15, 0.2) is 0 Å². The molecule has 0 spiro atoms. The summed E-state index contributed by atoms with van der Waals surface area (Å²) >= 11 is 0. The van der Waals surface area contributed by atoms with Crippen LogP contribution in [0.25, 0.3) is 0 Å². The van der Waals surface area contributed by atoms with Crippen LogP contribution >= 0.6 is 0 Å². The van der Waals surface area contributed by atoms with Gasteiger partial charge in [-0.15, -0.1) is 0 Å². The summed E-state index contributed by atoms with van der Waals surface area (Å²) in [5, 5.41) is 0. The molecule has 0 N–H and O–H groups in total. The van der Waals surface area contributed by atoms with Crippen LogP contribution in [-0.2, 0) is 19.1 Å². The molecule has 0 rings (SSSR count). The molecule has 4 nitrogen and oxygen atoms in total. The maximum absolute atomic E-state index is 12.5. The fourth-order valence-corrected chi connectivity index (χ4v) is 2.44. The normalized spacial score (nSPS) is 14.2. The lowest BCUT2D eigenvalue weighted by molar-refractivity contribution is -0.163. The number of rotatable bonds is 11. The van der Waals surface area contributed by atoms with Crippen molar-refractivity contribution in [2.45, 2.75) is 67.7 Å². The molecule has 136 valence electrons. The first-order valence-electron chi connectivity index (χ1n) is 9.02. The summed E-state index contributed by atoms with van der Waals surface area (Å²) in [5.74, 6) is -0.424. The summed E-state index contributed by atoms with van der Waals surface area (Å²) in [4.78, 5) is 25.0. The van der Waals surface area contributed by atoms with Crippen LogP contribution in [-0.4, -0.2) is 25.2 Å². The molecule has 0 heterocycles. The van der Waals surface area contributed by atoms with Crippen LogP contribution in [0.5, 0.6) is 0 Å². The molecular weight excluding hydrogens is 292 g/mol. The van der Waals surface area contributed by atoms with Crippen LogP contribution < -0.4 is 0 Å². The highest BCUT2D eigenvalue weighted by Crippen LogP contribution is 2.28. The second-order valence-corrected chi connectivity index (χ2v) is 7.68. The SMILES string of the molecule is CCCC(C(=O)OCC(C)C)C(CC(C)C)C(=O)OCC(C)C. The van der Waals surface area contributed by atoms with Crippen molar-refractivity contribution in [2.75, 3.05) is 13.2 Å². The first-order chi connectivity index (χ1) is 10.7. The zero-order valence-corrected chi connectivity index (χ0v) is 16.1. The van der Waals surface area contributed by atoms with Crippen molar-refractivity contribution >= 4 is 11.9 Å². The first kappa shape index (κ1) is 21.9. The molecule has 0 amide bonds. The van der Waals surface area contributed by atoms with Crippen LogP contribution in [0.4, 0.5) is 0 Å². The number of carbonyl (C=O) groups is 2. The van der Waals surface area contributed by atoms with E-state index in [1.54, 1.807) is 0 Å². The lowest BCUT2D eigenvalue weighted by Crippen LogP contribution is -2.34. The van der Waals surface area contributed by atoms with E-state index in [4.69, 9.17) is 9.47 Å². The number of hydrogen-bond acceptors (Lipinski definition) is 4. The van der Waals surface area contributed by atoms with Crippen molar-refractivity contribution in [2.24, 2.45) is 29.6 Å². The molecule has 0 radical (unpaired) electrons. The molecule has 0 aromatic carbocycles. The van der Waals surface area contributed by atoms with E-state index in [0.717, 1.165) is 6.42 Å². The number of ether oxygens (including phenoxy) is 2. The van der Waals surface area contributed by atoms with E-state index in [-0.39, 0.29) is 23.8 Å². The third-order valence-electron chi connectivity index (χ3n) is 3.53. The molecule has 0 bridgehead atoms. The predicted octanol–water partition coefficient (Wildman–Crippen LogP) is 4.46. The van der Waals surface area contributed by atoms with Crippen LogP contribution in [0.1, 0.15) is 67.7 Å². The molecule has 0 aliphatic rings. The fraction of sp³-hybridized carbons (Fsp3) is 0.895. The Morgan fingerprint density at radius 3 is 1.52 bits per heavy atom. The van der Waals surface area contributed by atoms with Gasteiger partial charge in [-0.2, -0.15) is 0 Å². The van der Waals surface area contributed by atoms with Gasteiger partial charge in [-0.3, -0.25) is 9.59 Å². The highest BCUT2D eigenvalue weighted by molar-refractivity contribution is 5.82. The number of esters is 2. The van der Waals surface area contributed by atoms with Gasteiger partial charge in [-0.25, -0.2) is 0 Å². The molecule has 4 heteroatoms. The molecule has 0 aromatic heterocycles. The average Bonchev–Trinajstić information content (AvgIpc) is 2.45. The largest absolute Gasteiger partial charge is 0.465 e. The van der Waals surface area contributed by atoms with E-state index in [1.165, 1.54) is 0 Å². The maximum Gasteiger partial charge on any atom is 0.309 e. The van der Waals surface area contributed by atoms with Gasteiger partial charge in [0.05, 0.1) is 25.0 Å². The van der Waals surface area contributed by atoms with Gasteiger partial charge in [-0.05, 0) is 30.6 Å². The monoisotopic (exact) mass is 328 g/mol. The Morgan fingerprint density at radius 1 is 0.739 bits per heavy atom. The summed E-state index contributed by atoms with van der Waals surface area (Å²) in [7, 11) is 0. The molecule has 0 aromatic rings. The molecule has 2 atom stereocenters. The molecule has 2 unspecified atom stereocenters. The standard InChI is InChI=1S/C19H36O4/c1-8-9-16(18(20)22-11-14(4)5)17(10-13(2)3)19(21)23-12-15(6)7/h13-17H,8-12H2,1-7H3. The zero-order valence-electron chi connectivity index (χ0n) is 16.1. The molecule has 0 saturated carbocycles. The predicted molar refractivity (Wildman–Crippen MR) is 92.9 cm³/mol. The minimum atomic E-state index is -0.409. The van der Waals surface area contributed by atoms with E-state index in [0.29, 0.717) is 32.0 Å². The molecule has 0 aliphatic carbocycles. The van der Waals surface area contributed by atoms with E-state index in [9.17, 15) is 9.59 Å². The molecular formula is C19H36O4. The van der Waals surface area contributed by atoms with Gasteiger partial charge in [0.1, 0.15) is 0 Å². The molecule has 0 aliphatic heterocycles. The number of hydrogen-bond donors (Lipinski definition) is 0. The Hall–Kier alpha value is -1.06. The van der Waals surface area contributed by atoms with Gasteiger partial charge in [0.2, 0.25) is 0 Å². The van der Waals surface area contributed by atoms with Crippen molar-refractivity contribution in [3.05, 3.63) is 0 Å². The highest BCUT2D eigenvalue weighted by Gasteiger charge is 2.36. The lowest BCUT2D eigenvalue weighted by atomic mass is 9.82. The topological polar surface area (TPSA) is 52.6 Å². The van der Waals surface area contributed by atoms with Crippen molar-refractivity contribution in [1.82, 2.24) is 0 Å². The molecule has 23 heavy (non-hydrogen) atoms. The van der Waals surface area contributed by atoms with E-state index in [1.807, 2.05) is 34.6 Å². The maximum atomic E-state index is 12.5. The minimum absolute atomic E-state index is 0.257. The zero-order chi connectivity index (χ0) is 18.0. The Balaban J connectivity index is 5.07. The van der Waals surface area contributed by atoms with Crippen LogP contribution in [0, 0.1) is 29.6 Å². The second-order valence-electron chi connectivity index (χ2n) is 7.68. The van der Waals surface area contributed by atoms with Gasteiger partial charge in [0.15, 0.2) is 0 Å². The van der Waals surface area contributed by atoms with E-state index in [2.05, 4.69) is 13.8 Å². The molecule has 0 fully saturated rings. The average molecular weight is 328 g/mol. The first-order valence-corrected chi connectivity index (χ1v) is 9.02. The van der Waals surface area contributed by atoms with Gasteiger partial charge < -0.3 is 9.47 Å². The highest BCUT2D eigenvalue weighted by atomic mass is 16.5. The third kappa shape index (κ3) is 9.62. The fourth-order valence-electron chi connectivity index (χ4n) is 2.44.